The van der Waals surface area contributed by atoms with Crippen LogP contribution in [0.1, 0.15) is 27.2 Å². The first-order valence-corrected chi connectivity index (χ1v) is 9.07. The largest absolute Gasteiger partial charge is 0.414 e. The molecule has 1 heterocycles. The normalized spacial score (nSPS) is 30.9. The minimum absolute atomic E-state index is 0.105. The van der Waals surface area contributed by atoms with Gasteiger partial charge in [-0.1, -0.05) is 20.8 Å². The lowest BCUT2D eigenvalue weighted by molar-refractivity contribution is -0.000230. The molecule has 0 aromatic carbocycles. The van der Waals surface area contributed by atoms with E-state index in [0.717, 1.165) is 24.6 Å². The van der Waals surface area contributed by atoms with Crippen LogP contribution >= 0.6 is 0 Å². The molecule has 0 amide bonds. The van der Waals surface area contributed by atoms with Crippen molar-refractivity contribution in [3.8, 4) is 0 Å². The van der Waals surface area contributed by atoms with Crippen LogP contribution in [0.5, 0.6) is 0 Å². The summed E-state index contributed by atoms with van der Waals surface area (Å²) in [5, 5.41) is 9.78. The van der Waals surface area contributed by atoms with Crippen molar-refractivity contribution in [1.29, 1.82) is 0 Å². The van der Waals surface area contributed by atoms with Gasteiger partial charge in [0.1, 0.15) is 14.0 Å². The summed E-state index contributed by atoms with van der Waals surface area (Å²) in [6, 6.07) is 3.62. The van der Waals surface area contributed by atoms with Crippen LogP contribution in [0.2, 0.25) is 18.1 Å². The van der Waals surface area contributed by atoms with E-state index in [1.807, 2.05) is 7.85 Å². The molecule has 5 heteroatoms. The van der Waals surface area contributed by atoms with Gasteiger partial charge in [-0.15, -0.1) is 0 Å². The summed E-state index contributed by atoms with van der Waals surface area (Å²) in [4.78, 5) is 0. The van der Waals surface area contributed by atoms with Gasteiger partial charge in [0, 0.05) is 6.00 Å². The summed E-state index contributed by atoms with van der Waals surface area (Å²) in [6.07, 6.45) is 0.297. The van der Waals surface area contributed by atoms with Crippen molar-refractivity contribution in [3.05, 3.63) is 0 Å². The number of ether oxygens (including phenoxy) is 1. The highest BCUT2D eigenvalue weighted by molar-refractivity contribution is 6.73. The maximum atomic E-state index is 9.78. The Balaban J connectivity index is 2.43. The van der Waals surface area contributed by atoms with E-state index < -0.39 is 8.32 Å². The zero-order valence-corrected chi connectivity index (χ0v) is 12.0. The van der Waals surface area contributed by atoms with Gasteiger partial charge in [0.05, 0.1) is 12.7 Å². The van der Waals surface area contributed by atoms with E-state index in [-0.39, 0.29) is 18.2 Å². The van der Waals surface area contributed by atoms with Crippen molar-refractivity contribution in [2.45, 2.75) is 63.5 Å². The topological polar surface area (TPSA) is 38.7 Å². The Hall–Kier alpha value is 0.162. The molecule has 0 aliphatic carbocycles. The van der Waals surface area contributed by atoms with Crippen LogP contribution in [0.3, 0.4) is 0 Å². The lowest BCUT2D eigenvalue weighted by Gasteiger charge is -2.30. The summed E-state index contributed by atoms with van der Waals surface area (Å²) in [5.74, 6) is 0. The molecule has 0 bridgehead atoms. The quantitative estimate of drug-likeness (QED) is 0.711. The molecule has 1 fully saturated rings. The Labute approximate surface area is 101 Å². The second-order valence-corrected chi connectivity index (χ2v) is 9.62. The van der Waals surface area contributed by atoms with Gasteiger partial charge in [0.2, 0.25) is 0 Å². The molecule has 3 atom stereocenters. The third kappa shape index (κ3) is 3.33. The van der Waals surface area contributed by atoms with E-state index in [1.165, 1.54) is 0 Å². The lowest BCUT2D eigenvalue weighted by Crippen LogP contribution is -2.40. The van der Waals surface area contributed by atoms with Gasteiger partial charge in [-0.25, -0.2) is 0 Å². The van der Waals surface area contributed by atoms with Crippen molar-refractivity contribution in [2.24, 2.45) is 0 Å². The molecule has 0 saturated carbocycles. The van der Waals surface area contributed by atoms with Gasteiger partial charge >= 0.3 is 0 Å². The second kappa shape index (κ2) is 6.19. The molecule has 16 heavy (non-hydrogen) atoms. The molecule has 1 rings (SSSR count). The van der Waals surface area contributed by atoms with Crippen LogP contribution in [-0.4, -0.2) is 46.1 Å². The van der Waals surface area contributed by atoms with Gasteiger partial charge < -0.3 is 14.3 Å². The Bertz CT molecular complexity index is 203. The highest BCUT2D eigenvalue weighted by Crippen LogP contribution is 2.25. The zero-order valence-electron chi connectivity index (χ0n) is 11.0. The first-order chi connectivity index (χ1) is 7.56. The number of aliphatic hydroxyl groups is 1. The first kappa shape index (κ1) is 14.2. The molecule has 1 N–H and O–H groups in total. The molecule has 1 aliphatic rings. The molecule has 1 aliphatic heterocycles. The van der Waals surface area contributed by atoms with E-state index in [1.54, 1.807) is 0 Å². The summed E-state index contributed by atoms with van der Waals surface area (Å²) >= 11 is 0. The Morgan fingerprint density at radius 3 is 2.25 bits per heavy atom. The van der Waals surface area contributed by atoms with Crippen LogP contribution in [0.25, 0.3) is 0 Å². The van der Waals surface area contributed by atoms with Crippen molar-refractivity contribution in [2.75, 3.05) is 6.61 Å². The maximum absolute atomic E-state index is 9.78. The molecular weight excluding hydrogens is 219 g/mol. The van der Waals surface area contributed by atoms with Gasteiger partial charge in [-0.3, -0.25) is 0 Å². The predicted molar refractivity (Wildman–Crippen MR) is 71.0 cm³/mol. The lowest BCUT2D eigenvalue weighted by atomic mass is 9.96. The SMILES string of the molecule is B[C@H]1C[C@@H](O)[C@@H](CO[Si](CC)(CC)CC)O1. The first-order valence-electron chi connectivity index (χ1n) is 6.54. The molecule has 1 saturated heterocycles. The number of hydrogen-bond acceptors (Lipinski definition) is 3. The zero-order chi connectivity index (χ0) is 12.2. The van der Waals surface area contributed by atoms with E-state index >= 15 is 0 Å². The highest BCUT2D eigenvalue weighted by Gasteiger charge is 2.35. The second-order valence-electron chi connectivity index (χ2n) is 4.84. The van der Waals surface area contributed by atoms with Crippen LogP contribution < -0.4 is 0 Å². The van der Waals surface area contributed by atoms with Gasteiger partial charge in [-0.2, -0.15) is 0 Å². The summed E-state index contributed by atoms with van der Waals surface area (Å²) < 4.78 is 11.8. The molecule has 3 nitrogen and oxygen atoms in total. The molecular formula is C11H25BO3Si. The van der Waals surface area contributed by atoms with E-state index in [9.17, 15) is 5.11 Å². The van der Waals surface area contributed by atoms with Crippen LogP contribution in [0.15, 0.2) is 0 Å². The predicted octanol–water partition coefficient (Wildman–Crippen LogP) is 1.12. The molecule has 0 aromatic heterocycles. The van der Waals surface area contributed by atoms with Crippen molar-refractivity contribution in [1.82, 2.24) is 0 Å². The molecule has 0 unspecified atom stereocenters. The minimum Gasteiger partial charge on any atom is -0.414 e. The smallest absolute Gasteiger partial charge is 0.192 e. The fraction of sp³-hybridized carbons (Fsp3) is 1.00. The van der Waals surface area contributed by atoms with Gasteiger partial charge in [0.25, 0.3) is 0 Å². The third-order valence-electron chi connectivity index (χ3n) is 3.90. The Morgan fingerprint density at radius 1 is 1.31 bits per heavy atom. The molecule has 0 radical (unpaired) electrons. The Morgan fingerprint density at radius 2 is 1.88 bits per heavy atom. The third-order valence-corrected chi connectivity index (χ3v) is 8.54. The van der Waals surface area contributed by atoms with Crippen molar-refractivity contribution >= 4 is 16.2 Å². The molecule has 0 spiro atoms. The minimum atomic E-state index is -1.53. The van der Waals surface area contributed by atoms with Crippen LogP contribution in [-0.2, 0) is 9.16 Å². The number of rotatable bonds is 6. The summed E-state index contributed by atoms with van der Waals surface area (Å²) in [5.41, 5.74) is 0. The highest BCUT2D eigenvalue weighted by atomic mass is 28.4. The standard InChI is InChI=1S/C11H25BO3Si/c1-4-16(5-2,6-3)14-8-10-9(13)7-11(12)15-10/h9-11,13H,4-8,12H2,1-3H3/t9-,10-,11-/m1/s1. The fourth-order valence-corrected chi connectivity index (χ4v) is 5.03. The van der Waals surface area contributed by atoms with E-state index in [2.05, 4.69) is 20.8 Å². The van der Waals surface area contributed by atoms with Crippen molar-refractivity contribution in [3.63, 3.8) is 0 Å². The average molecular weight is 244 g/mol. The monoisotopic (exact) mass is 244 g/mol. The Kier molecular flexibility index (Phi) is 5.50. The van der Waals surface area contributed by atoms with Crippen LogP contribution in [0, 0.1) is 0 Å². The molecule has 94 valence electrons. The number of hydrogen-bond donors (Lipinski definition) is 1. The van der Waals surface area contributed by atoms with E-state index in [4.69, 9.17) is 9.16 Å². The fourth-order valence-electron chi connectivity index (χ4n) is 2.40. The average Bonchev–Trinajstić information content (AvgIpc) is 2.60. The van der Waals surface area contributed by atoms with E-state index in [0.29, 0.717) is 6.61 Å². The van der Waals surface area contributed by atoms with Crippen LogP contribution in [0.4, 0.5) is 0 Å². The van der Waals surface area contributed by atoms with Gasteiger partial charge in [-0.05, 0) is 24.6 Å². The summed E-state index contributed by atoms with van der Waals surface area (Å²) in [6.45, 7) is 7.22. The molecule has 0 aromatic rings. The number of aliphatic hydroxyl groups excluding tert-OH is 1. The van der Waals surface area contributed by atoms with Crippen molar-refractivity contribution < 1.29 is 14.3 Å². The maximum Gasteiger partial charge on any atom is 0.192 e. The van der Waals surface area contributed by atoms with Gasteiger partial charge in [0.15, 0.2) is 8.32 Å². The summed E-state index contributed by atoms with van der Waals surface area (Å²) in [7, 11) is 0.480.